The van der Waals surface area contributed by atoms with E-state index < -0.39 is 0 Å². The van der Waals surface area contributed by atoms with Gasteiger partial charge in [0.2, 0.25) is 0 Å². The van der Waals surface area contributed by atoms with Gasteiger partial charge >= 0.3 is 0 Å². The van der Waals surface area contributed by atoms with Gasteiger partial charge in [-0.1, -0.05) is 19.4 Å². The van der Waals surface area contributed by atoms with Gasteiger partial charge in [0, 0.05) is 12.1 Å². The van der Waals surface area contributed by atoms with Crippen molar-refractivity contribution in [2.45, 2.75) is 32.6 Å². The molecular formula is C12H15NO. The summed E-state index contributed by atoms with van der Waals surface area (Å²) in [6.45, 7) is 2.06. The van der Waals surface area contributed by atoms with Gasteiger partial charge in [-0.3, -0.25) is 9.78 Å². The molecule has 1 heterocycles. The summed E-state index contributed by atoms with van der Waals surface area (Å²) < 4.78 is 0. The highest BCUT2D eigenvalue weighted by atomic mass is 16.1. The zero-order valence-corrected chi connectivity index (χ0v) is 8.49. The van der Waals surface area contributed by atoms with Crippen LogP contribution in [-0.2, 0) is 6.42 Å². The van der Waals surface area contributed by atoms with Crippen molar-refractivity contribution in [1.29, 1.82) is 0 Å². The monoisotopic (exact) mass is 189 g/mol. The van der Waals surface area contributed by atoms with E-state index in [0.29, 0.717) is 5.69 Å². The molecule has 0 bridgehead atoms. The van der Waals surface area contributed by atoms with Crippen LogP contribution in [0.25, 0.3) is 0 Å². The summed E-state index contributed by atoms with van der Waals surface area (Å²) >= 11 is 0. The Bertz CT molecular complexity index is 342. The lowest BCUT2D eigenvalue weighted by Crippen LogP contribution is -2.23. The van der Waals surface area contributed by atoms with E-state index in [1.165, 1.54) is 6.42 Å². The van der Waals surface area contributed by atoms with E-state index in [4.69, 9.17) is 0 Å². The lowest BCUT2D eigenvalue weighted by Gasteiger charge is -2.24. The number of aryl methyl sites for hydroxylation is 1. The smallest absolute Gasteiger partial charge is 0.184 e. The van der Waals surface area contributed by atoms with Gasteiger partial charge in [0.05, 0.1) is 0 Å². The molecule has 2 nitrogen and oxygen atoms in total. The van der Waals surface area contributed by atoms with Crippen molar-refractivity contribution in [2.75, 3.05) is 0 Å². The van der Waals surface area contributed by atoms with Crippen LogP contribution in [0.4, 0.5) is 0 Å². The second kappa shape index (κ2) is 3.91. The first-order valence-corrected chi connectivity index (χ1v) is 5.31. The Balaban J connectivity index is 2.25. The Kier molecular flexibility index (Phi) is 2.62. The van der Waals surface area contributed by atoms with Crippen LogP contribution in [0.2, 0.25) is 0 Å². The molecule has 1 aliphatic rings. The van der Waals surface area contributed by atoms with Gasteiger partial charge in [-0.25, -0.2) is 0 Å². The second-order valence-corrected chi connectivity index (χ2v) is 3.86. The van der Waals surface area contributed by atoms with Gasteiger partial charge in [0.25, 0.3) is 0 Å². The number of ketones is 1. The first-order chi connectivity index (χ1) is 6.83. The molecule has 1 saturated carbocycles. The Morgan fingerprint density at radius 1 is 1.57 bits per heavy atom. The molecule has 0 N–H and O–H groups in total. The minimum atomic E-state index is 0.258. The van der Waals surface area contributed by atoms with Crippen LogP contribution < -0.4 is 0 Å². The molecule has 1 fully saturated rings. The molecule has 2 heteroatoms. The van der Waals surface area contributed by atoms with Crippen molar-refractivity contribution >= 4 is 5.78 Å². The van der Waals surface area contributed by atoms with E-state index in [0.717, 1.165) is 24.8 Å². The van der Waals surface area contributed by atoms with E-state index in [1.807, 2.05) is 12.1 Å². The van der Waals surface area contributed by atoms with Crippen LogP contribution in [0.3, 0.4) is 0 Å². The number of nitrogens with zero attached hydrogens (tertiary/aromatic N) is 1. The summed E-state index contributed by atoms with van der Waals surface area (Å²) in [5, 5.41) is 0. The molecule has 1 aromatic rings. The second-order valence-electron chi connectivity index (χ2n) is 3.86. The summed E-state index contributed by atoms with van der Waals surface area (Å²) in [5.74, 6) is 0.518. The topological polar surface area (TPSA) is 30.0 Å². The third-order valence-electron chi connectivity index (χ3n) is 2.98. The fourth-order valence-corrected chi connectivity index (χ4v) is 1.81. The van der Waals surface area contributed by atoms with E-state index in [1.54, 1.807) is 6.20 Å². The summed E-state index contributed by atoms with van der Waals surface area (Å²) in [5.41, 5.74) is 1.80. The lowest BCUT2D eigenvalue weighted by atomic mass is 9.80. The number of carbonyl (C=O) groups excluding carboxylic acids is 1. The maximum absolute atomic E-state index is 11.9. The SMILES string of the molecule is CCc1cccnc1C(=O)C1CCC1. The zero-order chi connectivity index (χ0) is 9.97. The van der Waals surface area contributed by atoms with Crippen molar-refractivity contribution in [2.24, 2.45) is 5.92 Å². The van der Waals surface area contributed by atoms with E-state index in [9.17, 15) is 4.79 Å². The summed E-state index contributed by atoms with van der Waals surface area (Å²) in [4.78, 5) is 16.1. The van der Waals surface area contributed by atoms with E-state index in [2.05, 4.69) is 11.9 Å². The zero-order valence-electron chi connectivity index (χ0n) is 8.49. The Hall–Kier alpha value is -1.18. The molecule has 14 heavy (non-hydrogen) atoms. The molecule has 74 valence electrons. The van der Waals surface area contributed by atoms with Gasteiger partial charge in [-0.15, -0.1) is 0 Å². The third-order valence-corrected chi connectivity index (χ3v) is 2.98. The van der Waals surface area contributed by atoms with Gasteiger partial charge in [-0.2, -0.15) is 0 Å². The van der Waals surface area contributed by atoms with Crippen molar-refractivity contribution in [3.8, 4) is 0 Å². The number of hydrogen-bond acceptors (Lipinski definition) is 2. The van der Waals surface area contributed by atoms with Crippen molar-refractivity contribution in [1.82, 2.24) is 4.98 Å². The number of Topliss-reactive ketones (excluding diaryl/α,β-unsaturated/α-hetero) is 1. The molecule has 0 aliphatic heterocycles. The van der Waals surface area contributed by atoms with Gasteiger partial charge < -0.3 is 0 Å². The summed E-state index contributed by atoms with van der Waals surface area (Å²) in [6.07, 6.45) is 5.91. The minimum absolute atomic E-state index is 0.258. The molecule has 0 amide bonds. The predicted octanol–water partition coefficient (Wildman–Crippen LogP) is 2.63. The number of rotatable bonds is 3. The number of aromatic nitrogens is 1. The van der Waals surface area contributed by atoms with Gasteiger partial charge in [0.15, 0.2) is 5.78 Å². The summed E-state index contributed by atoms with van der Waals surface area (Å²) in [7, 11) is 0. The molecule has 0 radical (unpaired) electrons. The van der Waals surface area contributed by atoms with Crippen LogP contribution in [0.1, 0.15) is 42.2 Å². The largest absolute Gasteiger partial charge is 0.292 e. The number of hydrogen-bond donors (Lipinski definition) is 0. The molecule has 2 rings (SSSR count). The predicted molar refractivity (Wildman–Crippen MR) is 55.3 cm³/mol. The third kappa shape index (κ3) is 1.57. The fraction of sp³-hybridized carbons (Fsp3) is 0.500. The molecule has 0 aromatic carbocycles. The van der Waals surface area contributed by atoms with Crippen LogP contribution in [-0.4, -0.2) is 10.8 Å². The van der Waals surface area contributed by atoms with Crippen molar-refractivity contribution in [3.63, 3.8) is 0 Å². The quantitative estimate of drug-likeness (QED) is 0.684. The average molecular weight is 189 g/mol. The Labute approximate surface area is 84.4 Å². The molecular weight excluding hydrogens is 174 g/mol. The molecule has 0 spiro atoms. The Morgan fingerprint density at radius 2 is 2.36 bits per heavy atom. The molecule has 1 aromatic heterocycles. The van der Waals surface area contributed by atoms with Gasteiger partial charge in [0.1, 0.15) is 5.69 Å². The highest BCUT2D eigenvalue weighted by Crippen LogP contribution is 2.30. The number of carbonyl (C=O) groups is 1. The van der Waals surface area contributed by atoms with Crippen molar-refractivity contribution < 1.29 is 4.79 Å². The first-order valence-electron chi connectivity index (χ1n) is 5.31. The lowest BCUT2D eigenvalue weighted by molar-refractivity contribution is 0.0849. The van der Waals surface area contributed by atoms with E-state index in [-0.39, 0.29) is 11.7 Å². The normalized spacial score (nSPS) is 16.4. The van der Waals surface area contributed by atoms with Crippen LogP contribution in [0.5, 0.6) is 0 Å². The number of pyridine rings is 1. The van der Waals surface area contributed by atoms with Gasteiger partial charge in [-0.05, 0) is 30.9 Å². The molecule has 0 saturated heterocycles. The fourth-order valence-electron chi connectivity index (χ4n) is 1.81. The maximum Gasteiger partial charge on any atom is 0.184 e. The highest BCUT2D eigenvalue weighted by Gasteiger charge is 2.28. The van der Waals surface area contributed by atoms with Crippen molar-refractivity contribution in [3.05, 3.63) is 29.6 Å². The first kappa shape index (κ1) is 9.38. The minimum Gasteiger partial charge on any atom is -0.292 e. The van der Waals surface area contributed by atoms with E-state index >= 15 is 0 Å². The molecule has 1 aliphatic carbocycles. The van der Waals surface area contributed by atoms with Crippen LogP contribution in [0, 0.1) is 5.92 Å². The average Bonchev–Trinajstić information content (AvgIpc) is 2.15. The van der Waals surface area contributed by atoms with Crippen LogP contribution >= 0.6 is 0 Å². The van der Waals surface area contributed by atoms with Crippen LogP contribution in [0.15, 0.2) is 18.3 Å². The Morgan fingerprint density at radius 3 is 2.93 bits per heavy atom. The summed E-state index contributed by atoms with van der Waals surface area (Å²) in [6, 6.07) is 3.90. The molecule has 0 atom stereocenters. The molecule has 0 unspecified atom stereocenters. The standard InChI is InChI=1S/C12H15NO/c1-2-9-7-4-8-13-11(9)12(14)10-5-3-6-10/h4,7-8,10H,2-3,5-6H2,1H3. The maximum atomic E-state index is 11.9. The highest BCUT2D eigenvalue weighted by molar-refractivity contribution is 5.97.